The number of hydrogen-bond acceptors (Lipinski definition) is 2. The minimum atomic E-state index is 0.0319. The Hall–Kier alpha value is -1.12. The van der Waals surface area contributed by atoms with Gasteiger partial charge in [-0.25, -0.2) is 4.98 Å². The van der Waals surface area contributed by atoms with Crippen LogP contribution in [0.2, 0.25) is 0 Å². The van der Waals surface area contributed by atoms with E-state index in [9.17, 15) is 4.79 Å². The van der Waals surface area contributed by atoms with Gasteiger partial charge in [0.2, 0.25) is 0 Å². The van der Waals surface area contributed by atoms with Crippen LogP contribution in [-0.2, 0) is 0 Å². The number of aromatic amines is 1. The van der Waals surface area contributed by atoms with E-state index in [1.165, 1.54) is 6.92 Å². The number of carbonyl (C=O) groups is 1. The summed E-state index contributed by atoms with van der Waals surface area (Å²) in [6.07, 6.45) is 1.58. The quantitative estimate of drug-likeness (QED) is 0.656. The average Bonchev–Trinajstić information content (AvgIpc) is 2.33. The van der Waals surface area contributed by atoms with Gasteiger partial charge in [-0.2, -0.15) is 0 Å². The fourth-order valence-corrected chi connectivity index (χ4v) is 0.809. The van der Waals surface area contributed by atoms with Gasteiger partial charge in [-0.15, -0.1) is 0 Å². The van der Waals surface area contributed by atoms with Crippen molar-refractivity contribution in [1.82, 2.24) is 9.97 Å². The molecule has 0 unspecified atom stereocenters. The Morgan fingerprint density at radius 2 is 2.27 bits per heavy atom. The maximum atomic E-state index is 10.8. The molecule has 0 aromatic carbocycles. The Morgan fingerprint density at radius 1 is 1.64 bits per heavy atom. The lowest BCUT2D eigenvalue weighted by molar-refractivity contribution is 0.101. The minimum absolute atomic E-state index is 0.0319. The highest BCUT2D eigenvalue weighted by molar-refractivity contribution is 5.91. The van der Waals surface area contributed by atoms with Gasteiger partial charge >= 0.3 is 0 Å². The molecule has 0 aliphatic heterocycles. The van der Waals surface area contributed by atoms with Crippen molar-refractivity contribution >= 4 is 5.78 Å². The standard InChI is InChI=1S/C8H12N2O/c1-5(2)8-9-4-7(10-8)6(3)11/h4-5H,1-3H3,(H,9,10). The fourth-order valence-electron chi connectivity index (χ4n) is 0.809. The van der Waals surface area contributed by atoms with Crippen molar-refractivity contribution in [3.8, 4) is 0 Å². The maximum absolute atomic E-state index is 10.8. The zero-order valence-electron chi connectivity index (χ0n) is 7.01. The summed E-state index contributed by atoms with van der Waals surface area (Å²) in [6, 6.07) is 0. The van der Waals surface area contributed by atoms with E-state index < -0.39 is 0 Å². The Kier molecular flexibility index (Phi) is 2.08. The third-order valence-electron chi connectivity index (χ3n) is 1.52. The SMILES string of the molecule is CC(=O)c1cnc(C(C)C)[nH]1. The molecule has 0 aliphatic carbocycles. The van der Waals surface area contributed by atoms with E-state index in [2.05, 4.69) is 9.97 Å². The molecule has 1 rings (SSSR count). The summed E-state index contributed by atoms with van der Waals surface area (Å²) in [5, 5.41) is 0. The third kappa shape index (κ3) is 1.67. The fraction of sp³-hybridized carbons (Fsp3) is 0.500. The summed E-state index contributed by atoms with van der Waals surface area (Å²) >= 11 is 0. The van der Waals surface area contributed by atoms with E-state index >= 15 is 0 Å². The van der Waals surface area contributed by atoms with Crippen LogP contribution < -0.4 is 0 Å². The molecule has 0 atom stereocenters. The number of nitrogens with zero attached hydrogens (tertiary/aromatic N) is 1. The lowest BCUT2D eigenvalue weighted by Crippen LogP contribution is -1.94. The van der Waals surface area contributed by atoms with Gasteiger partial charge in [0.15, 0.2) is 5.78 Å². The molecule has 1 heterocycles. The highest BCUT2D eigenvalue weighted by Crippen LogP contribution is 2.09. The largest absolute Gasteiger partial charge is 0.339 e. The molecule has 1 aromatic rings. The predicted octanol–water partition coefficient (Wildman–Crippen LogP) is 1.74. The number of nitrogens with one attached hydrogen (secondary N) is 1. The number of rotatable bonds is 2. The lowest BCUT2D eigenvalue weighted by Gasteiger charge is -1.96. The Balaban J connectivity index is 2.90. The van der Waals surface area contributed by atoms with E-state index in [4.69, 9.17) is 0 Å². The minimum Gasteiger partial charge on any atom is -0.339 e. The smallest absolute Gasteiger partial charge is 0.177 e. The Labute approximate surface area is 65.8 Å². The van der Waals surface area contributed by atoms with Crippen molar-refractivity contribution in [1.29, 1.82) is 0 Å². The number of Topliss-reactive ketones (excluding diaryl/α,β-unsaturated/α-hetero) is 1. The first-order chi connectivity index (χ1) is 5.11. The number of carbonyl (C=O) groups excluding carboxylic acids is 1. The number of H-pyrrole nitrogens is 1. The Bertz CT molecular complexity index is 263. The van der Waals surface area contributed by atoms with Crippen LogP contribution in [0.4, 0.5) is 0 Å². The van der Waals surface area contributed by atoms with Crippen LogP contribution in [0, 0.1) is 0 Å². The van der Waals surface area contributed by atoms with E-state index in [0.29, 0.717) is 11.6 Å². The first-order valence-electron chi connectivity index (χ1n) is 3.67. The number of ketones is 1. The molecule has 0 saturated heterocycles. The normalized spacial score (nSPS) is 10.5. The summed E-state index contributed by atoms with van der Waals surface area (Å²) < 4.78 is 0. The van der Waals surface area contributed by atoms with Gasteiger partial charge in [0, 0.05) is 12.8 Å². The first kappa shape index (κ1) is 7.98. The topological polar surface area (TPSA) is 45.8 Å². The van der Waals surface area contributed by atoms with Crippen molar-refractivity contribution < 1.29 is 4.79 Å². The highest BCUT2D eigenvalue weighted by Gasteiger charge is 2.06. The van der Waals surface area contributed by atoms with Crippen molar-refractivity contribution in [2.75, 3.05) is 0 Å². The molecule has 3 nitrogen and oxygen atoms in total. The van der Waals surface area contributed by atoms with Crippen LogP contribution in [0.25, 0.3) is 0 Å². The second-order valence-corrected chi connectivity index (χ2v) is 2.89. The van der Waals surface area contributed by atoms with Gasteiger partial charge in [-0.3, -0.25) is 4.79 Å². The zero-order valence-corrected chi connectivity index (χ0v) is 7.01. The molecule has 3 heteroatoms. The third-order valence-corrected chi connectivity index (χ3v) is 1.52. The average molecular weight is 152 g/mol. The van der Waals surface area contributed by atoms with Gasteiger partial charge < -0.3 is 4.98 Å². The monoisotopic (exact) mass is 152 g/mol. The van der Waals surface area contributed by atoms with Crippen LogP contribution in [-0.4, -0.2) is 15.8 Å². The number of hydrogen-bond donors (Lipinski definition) is 1. The molecule has 0 saturated carbocycles. The molecule has 0 spiro atoms. The molecule has 0 fully saturated rings. The Morgan fingerprint density at radius 3 is 2.55 bits per heavy atom. The summed E-state index contributed by atoms with van der Waals surface area (Å²) in [5.41, 5.74) is 0.591. The zero-order chi connectivity index (χ0) is 8.43. The van der Waals surface area contributed by atoms with Crippen LogP contribution in [0.5, 0.6) is 0 Å². The van der Waals surface area contributed by atoms with Crippen LogP contribution in [0.15, 0.2) is 6.20 Å². The number of imidazole rings is 1. The van der Waals surface area contributed by atoms with E-state index in [-0.39, 0.29) is 5.78 Å². The summed E-state index contributed by atoms with van der Waals surface area (Å²) in [4.78, 5) is 17.8. The van der Waals surface area contributed by atoms with E-state index in [0.717, 1.165) is 5.82 Å². The molecule has 1 aromatic heterocycles. The molecule has 0 aliphatic rings. The summed E-state index contributed by atoms with van der Waals surface area (Å²) in [6.45, 7) is 5.59. The van der Waals surface area contributed by atoms with Gasteiger partial charge in [-0.05, 0) is 0 Å². The van der Waals surface area contributed by atoms with Crippen LogP contribution >= 0.6 is 0 Å². The van der Waals surface area contributed by atoms with Crippen LogP contribution in [0.3, 0.4) is 0 Å². The predicted molar refractivity (Wildman–Crippen MR) is 42.7 cm³/mol. The van der Waals surface area contributed by atoms with Crippen molar-refractivity contribution in [3.63, 3.8) is 0 Å². The van der Waals surface area contributed by atoms with Crippen molar-refractivity contribution in [3.05, 3.63) is 17.7 Å². The molecule has 11 heavy (non-hydrogen) atoms. The molecule has 0 bridgehead atoms. The van der Waals surface area contributed by atoms with Gasteiger partial charge in [0.25, 0.3) is 0 Å². The molecule has 0 radical (unpaired) electrons. The van der Waals surface area contributed by atoms with Crippen LogP contribution in [0.1, 0.15) is 43.0 Å². The summed E-state index contributed by atoms with van der Waals surface area (Å²) in [5.74, 6) is 1.25. The van der Waals surface area contributed by atoms with E-state index in [1.54, 1.807) is 6.20 Å². The van der Waals surface area contributed by atoms with Gasteiger partial charge in [0.1, 0.15) is 11.5 Å². The number of aromatic nitrogens is 2. The molecular formula is C8H12N2O. The maximum Gasteiger partial charge on any atom is 0.177 e. The second-order valence-electron chi connectivity index (χ2n) is 2.89. The molecule has 1 N–H and O–H groups in total. The first-order valence-corrected chi connectivity index (χ1v) is 3.67. The van der Waals surface area contributed by atoms with Crippen molar-refractivity contribution in [2.45, 2.75) is 26.7 Å². The van der Waals surface area contributed by atoms with Gasteiger partial charge in [0.05, 0.1) is 6.20 Å². The molecule has 60 valence electrons. The molecular weight excluding hydrogens is 140 g/mol. The van der Waals surface area contributed by atoms with E-state index in [1.807, 2.05) is 13.8 Å². The second kappa shape index (κ2) is 2.86. The highest BCUT2D eigenvalue weighted by atomic mass is 16.1. The van der Waals surface area contributed by atoms with Crippen molar-refractivity contribution in [2.24, 2.45) is 0 Å². The molecule has 0 amide bonds. The summed E-state index contributed by atoms with van der Waals surface area (Å²) in [7, 11) is 0. The lowest BCUT2D eigenvalue weighted by atomic mass is 10.2. The van der Waals surface area contributed by atoms with Gasteiger partial charge in [-0.1, -0.05) is 13.8 Å².